The van der Waals surface area contributed by atoms with E-state index in [1.165, 1.54) is 25.3 Å². The number of nitro benzene ring substituents is 1. The number of piperazine rings is 1. The fourth-order valence-electron chi connectivity index (χ4n) is 5.60. The number of halogens is 1. The zero-order valence-electron chi connectivity index (χ0n) is 26.1. The summed E-state index contributed by atoms with van der Waals surface area (Å²) in [6.45, 7) is 8.98. The van der Waals surface area contributed by atoms with E-state index in [4.69, 9.17) is 18.9 Å². The average molecular weight is 645 g/mol. The maximum absolute atomic E-state index is 13.4. The number of dihydropyridines is 1. The summed E-state index contributed by atoms with van der Waals surface area (Å²) in [7, 11) is 2.94. The number of carbonyl (C=O) groups is 2. The van der Waals surface area contributed by atoms with E-state index in [1.54, 1.807) is 27.0 Å². The van der Waals surface area contributed by atoms with Gasteiger partial charge in [0.1, 0.15) is 5.75 Å². The number of anilines is 1. The summed E-state index contributed by atoms with van der Waals surface area (Å²) in [6, 6.07) is 13.9. The molecule has 0 radical (unpaired) electrons. The Bertz CT molecular complexity index is 1420. The van der Waals surface area contributed by atoms with Gasteiger partial charge in [0.15, 0.2) is 0 Å². The van der Waals surface area contributed by atoms with Crippen LogP contribution in [-0.2, 0) is 23.8 Å². The van der Waals surface area contributed by atoms with Gasteiger partial charge >= 0.3 is 11.9 Å². The van der Waals surface area contributed by atoms with Crippen LogP contribution in [-0.4, -0.2) is 88.5 Å². The van der Waals surface area contributed by atoms with Crippen molar-refractivity contribution in [1.29, 1.82) is 0 Å². The Morgan fingerprint density at radius 2 is 1.62 bits per heavy atom. The van der Waals surface area contributed by atoms with E-state index in [9.17, 15) is 19.7 Å². The Hall–Kier alpha value is -4.13. The van der Waals surface area contributed by atoms with Gasteiger partial charge in [-0.05, 0) is 31.5 Å². The molecule has 0 aliphatic carbocycles. The number of nitrogens with one attached hydrogen (secondary N) is 1. The van der Waals surface area contributed by atoms with E-state index in [1.807, 2.05) is 18.2 Å². The fraction of sp³-hybridized carbons (Fsp3) is 0.438. The molecule has 45 heavy (non-hydrogen) atoms. The van der Waals surface area contributed by atoms with Crippen LogP contribution in [0.3, 0.4) is 0 Å². The van der Waals surface area contributed by atoms with Crippen LogP contribution in [0.25, 0.3) is 0 Å². The number of hydrogen-bond donors (Lipinski definition) is 1. The number of para-hydroxylation sites is 2. The lowest BCUT2D eigenvalue weighted by molar-refractivity contribution is -0.384. The summed E-state index contributed by atoms with van der Waals surface area (Å²) in [4.78, 5) is 41.8. The molecule has 1 fully saturated rings. The maximum Gasteiger partial charge on any atom is 0.336 e. The molecule has 0 aromatic heterocycles. The molecule has 12 nitrogen and oxygen atoms in total. The molecule has 2 aromatic carbocycles. The third-order valence-electron chi connectivity index (χ3n) is 7.82. The van der Waals surface area contributed by atoms with Crippen molar-refractivity contribution in [3.63, 3.8) is 0 Å². The van der Waals surface area contributed by atoms with Gasteiger partial charge in [0.05, 0.1) is 55.1 Å². The van der Waals surface area contributed by atoms with Crippen LogP contribution in [0.2, 0.25) is 0 Å². The number of nitro groups is 1. The SMILES string of the molecule is COC(=O)C1=C(C)NC(C)=C(C(=O)OCCCOCCN2CCN(c3ccccc3OC)CC2)C1c1cccc([N+](=O)[O-])c1.Cl. The molecule has 0 spiro atoms. The molecule has 2 heterocycles. The van der Waals surface area contributed by atoms with Crippen LogP contribution in [0.1, 0.15) is 31.7 Å². The first-order valence-corrected chi connectivity index (χ1v) is 14.6. The van der Waals surface area contributed by atoms with Crippen molar-refractivity contribution >= 4 is 35.7 Å². The standard InChI is InChI=1S/C32H40N4O8.ClH/c1-22-28(31(37)42-4)30(24-9-7-10-25(21-24)36(39)40)29(23(2)33-22)32(38)44-19-8-18-43-20-17-34-13-15-35(16-14-34)26-11-5-6-12-27(26)41-3;/h5-7,9-12,21,30,33H,8,13-20H2,1-4H3;1H. The molecule has 13 heteroatoms. The number of esters is 2. The molecule has 0 saturated carbocycles. The van der Waals surface area contributed by atoms with Crippen molar-refractivity contribution in [3.05, 3.63) is 86.7 Å². The van der Waals surface area contributed by atoms with Gasteiger partial charge in [-0.2, -0.15) is 0 Å². The van der Waals surface area contributed by atoms with E-state index in [2.05, 4.69) is 21.2 Å². The van der Waals surface area contributed by atoms with Crippen LogP contribution < -0.4 is 15.0 Å². The van der Waals surface area contributed by atoms with Crippen molar-refractivity contribution in [2.75, 3.05) is 71.7 Å². The molecule has 1 unspecified atom stereocenters. The van der Waals surface area contributed by atoms with Gasteiger partial charge in [-0.1, -0.05) is 24.3 Å². The molecule has 2 aliphatic heterocycles. The van der Waals surface area contributed by atoms with Crippen molar-refractivity contribution in [1.82, 2.24) is 10.2 Å². The summed E-state index contributed by atoms with van der Waals surface area (Å²) in [5, 5.41) is 14.5. The molecular weight excluding hydrogens is 604 g/mol. The smallest absolute Gasteiger partial charge is 0.336 e. The van der Waals surface area contributed by atoms with Crippen LogP contribution in [0.5, 0.6) is 5.75 Å². The topological polar surface area (TPSA) is 133 Å². The minimum Gasteiger partial charge on any atom is -0.495 e. The summed E-state index contributed by atoms with van der Waals surface area (Å²) >= 11 is 0. The lowest BCUT2D eigenvalue weighted by Gasteiger charge is -2.36. The Balaban J connectivity index is 0.00000552. The van der Waals surface area contributed by atoms with E-state index in [0.29, 0.717) is 36.6 Å². The summed E-state index contributed by atoms with van der Waals surface area (Å²) in [5.74, 6) is -1.27. The minimum absolute atomic E-state index is 0. The molecule has 1 saturated heterocycles. The third-order valence-corrected chi connectivity index (χ3v) is 7.82. The van der Waals surface area contributed by atoms with E-state index in [-0.39, 0.29) is 35.8 Å². The normalized spacial score (nSPS) is 16.9. The van der Waals surface area contributed by atoms with Gasteiger partial charge in [0.2, 0.25) is 0 Å². The highest BCUT2D eigenvalue weighted by molar-refractivity contribution is 5.99. The average Bonchev–Trinajstić information content (AvgIpc) is 3.03. The molecule has 0 amide bonds. The largest absolute Gasteiger partial charge is 0.495 e. The van der Waals surface area contributed by atoms with E-state index in [0.717, 1.165) is 44.2 Å². The predicted octanol–water partition coefficient (Wildman–Crippen LogP) is 4.21. The number of carbonyl (C=O) groups excluding carboxylic acids is 2. The highest BCUT2D eigenvalue weighted by Crippen LogP contribution is 2.40. The summed E-state index contributed by atoms with van der Waals surface area (Å²) in [6.07, 6.45) is 0.493. The first kappa shape index (κ1) is 35.4. The summed E-state index contributed by atoms with van der Waals surface area (Å²) in [5.41, 5.74) is 2.76. The predicted molar refractivity (Wildman–Crippen MR) is 172 cm³/mol. The van der Waals surface area contributed by atoms with Crippen molar-refractivity contribution in [3.8, 4) is 5.75 Å². The number of benzene rings is 2. The third kappa shape index (κ3) is 8.74. The minimum atomic E-state index is -0.893. The Kier molecular flexibility index (Phi) is 13.2. The quantitative estimate of drug-likeness (QED) is 0.146. The maximum atomic E-state index is 13.4. The number of allylic oxidation sites excluding steroid dienone is 2. The number of rotatable bonds is 13. The second-order valence-electron chi connectivity index (χ2n) is 10.6. The van der Waals surface area contributed by atoms with Gasteiger partial charge in [-0.25, -0.2) is 9.59 Å². The first-order chi connectivity index (χ1) is 21.2. The van der Waals surface area contributed by atoms with Crippen LogP contribution in [0.4, 0.5) is 11.4 Å². The monoisotopic (exact) mass is 644 g/mol. The number of ether oxygens (including phenoxy) is 4. The van der Waals surface area contributed by atoms with Gasteiger partial charge in [0.25, 0.3) is 5.69 Å². The van der Waals surface area contributed by atoms with Crippen LogP contribution in [0.15, 0.2) is 71.1 Å². The zero-order valence-corrected chi connectivity index (χ0v) is 26.9. The number of non-ortho nitro benzene ring substituents is 1. The second-order valence-corrected chi connectivity index (χ2v) is 10.6. The number of nitrogens with zero attached hydrogens (tertiary/aromatic N) is 3. The Morgan fingerprint density at radius 3 is 2.29 bits per heavy atom. The highest BCUT2D eigenvalue weighted by atomic mass is 35.5. The molecule has 1 N–H and O–H groups in total. The number of methoxy groups -OCH3 is 2. The molecule has 2 aromatic rings. The van der Waals surface area contributed by atoms with Crippen molar-refractivity contribution in [2.24, 2.45) is 0 Å². The Labute approximate surface area is 269 Å². The van der Waals surface area contributed by atoms with Gasteiger partial charge in [0, 0.05) is 69.3 Å². The van der Waals surface area contributed by atoms with Crippen LogP contribution in [0, 0.1) is 10.1 Å². The van der Waals surface area contributed by atoms with Crippen LogP contribution >= 0.6 is 12.4 Å². The lowest BCUT2D eigenvalue weighted by atomic mass is 9.80. The fourth-order valence-corrected chi connectivity index (χ4v) is 5.60. The molecule has 244 valence electrons. The second kappa shape index (κ2) is 16.8. The lowest BCUT2D eigenvalue weighted by Crippen LogP contribution is -2.47. The molecule has 2 aliphatic rings. The van der Waals surface area contributed by atoms with E-state index >= 15 is 0 Å². The highest BCUT2D eigenvalue weighted by Gasteiger charge is 2.38. The molecular formula is C32H41ClN4O8. The molecule has 4 rings (SSSR count). The zero-order chi connectivity index (χ0) is 31.6. The Morgan fingerprint density at radius 1 is 0.933 bits per heavy atom. The van der Waals surface area contributed by atoms with Gasteiger partial charge in [-0.3, -0.25) is 15.0 Å². The summed E-state index contributed by atoms with van der Waals surface area (Å²) < 4.78 is 21.9. The van der Waals surface area contributed by atoms with E-state index < -0.39 is 22.8 Å². The van der Waals surface area contributed by atoms with Crippen molar-refractivity contribution < 1.29 is 33.5 Å². The number of hydrogen-bond acceptors (Lipinski definition) is 11. The van der Waals surface area contributed by atoms with Crippen molar-refractivity contribution in [2.45, 2.75) is 26.2 Å². The molecule has 1 atom stereocenters. The van der Waals surface area contributed by atoms with Gasteiger partial charge in [-0.15, -0.1) is 12.4 Å². The first-order valence-electron chi connectivity index (χ1n) is 14.6. The molecule has 0 bridgehead atoms. The van der Waals surface area contributed by atoms with Gasteiger partial charge < -0.3 is 29.2 Å².